The van der Waals surface area contributed by atoms with Gasteiger partial charge in [-0.2, -0.15) is 0 Å². The molecule has 0 aromatic heterocycles. The first-order valence-electron chi connectivity index (χ1n) is 3.36. The van der Waals surface area contributed by atoms with Crippen molar-refractivity contribution in [1.82, 2.24) is 4.90 Å². The molecule has 0 amide bonds. The topological polar surface area (TPSA) is 15.6 Å². The molecule has 0 heterocycles. The fraction of sp³-hybridized carbons (Fsp3) is 0.625. The molecule has 58 valence electrons. The minimum absolute atomic E-state index is 0.892. The highest BCUT2D eigenvalue weighted by Crippen LogP contribution is 1.93. The standard InChI is InChI=1S/C8H16N2/c1-7(2)6-10(5)8(3)9-4/h1,6H2,2-5H3. The van der Waals surface area contributed by atoms with Crippen LogP contribution in [0.5, 0.6) is 0 Å². The Morgan fingerprint density at radius 2 is 2.00 bits per heavy atom. The summed E-state index contributed by atoms with van der Waals surface area (Å²) in [5.74, 6) is 1.04. The van der Waals surface area contributed by atoms with Crippen molar-refractivity contribution in [3.05, 3.63) is 12.2 Å². The number of amidine groups is 1. The molecule has 0 saturated heterocycles. The molecule has 0 aliphatic heterocycles. The summed E-state index contributed by atoms with van der Waals surface area (Å²) >= 11 is 0. The third-order valence-electron chi connectivity index (χ3n) is 1.38. The SMILES string of the molecule is C=C(C)CN(C)C(C)=NC. The zero-order chi connectivity index (χ0) is 8.15. The van der Waals surface area contributed by atoms with E-state index in [1.807, 2.05) is 20.9 Å². The molecule has 0 radical (unpaired) electrons. The largest absolute Gasteiger partial charge is 0.360 e. The van der Waals surface area contributed by atoms with Gasteiger partial charge in [-0.05, 0) is 13.8 Å². The Bertz CT molecular complexity index is 147. The Labute approximate surface area is 63.3 Å². The maximum Gasteiger partial charge on any atom is 0.0954 e. The quantitative estimate of drug-likeness (QED) is 0.323. The summed E-state index contributed by atoms with van der Waals surface area (Å²) in [6, 6.07) is 0. The van der Waals surface area contributed by atoms with Crippen LogP contribution in [0.3, 0.4) is 0 Å². The highest BCUT2D eigenvalue weighted by atomic mass is 15.1. The zero-order valence-corrected chi connectivity index (χ0v) is 7.31. The minimum Gasteiger partial charge on any atom is -0.360 e. The molecule has 0 N–H and O–H groups in total. The van der Waals surface area contributed by atoms with Crippen LogP contribution < -0.4 is 0 Å². The molecule has 0 aliphatic carbocycles. The first-order valence-corrected chi connectivity index (χ1v) is 3.36. The lowest BCUT2D eigenvalue weighted by Crippen LogP contribution is -2.25. The summed E-state index contributed by atoms with van der Waals surface area (Å²) < 4.78 is 0. The molecular formula is C8H16N2. The molecule has 0 rings (SSSR count). The third kappa shape index (κ3) is 3.28. The van der Waals surface area contributed by atoms with Crippen molar-refractivity contribution >= 4 is 5.84 Å². The first kappa shape index (κ1) is 9.21. The second-order valence-electron chi connectivity index (χ2n) is 2.58. The van der Waals surface area contributed by atoms with E-state index in [1.54, 1.807) is 7.05 Å². The maximum atomic E-state index is 4.04. The van der Waals surface area contributed by atoms with E-state index in [9.17, 15) is 0 Å². The minimum atomic E-state index is 0.892. The summed E-state index contributed by atoms with van der Waals surface area (Å²) in [4.78, 5) is 6.11. The smallest absolute Gasteiger partial charge is 0.0954 e. The lowest BCUT2D eigenvalue weighted by molar-refractivity contribution is 0.545. The van der Waals surface area contributed by atoms with E-state index >= 15 is 0 Å². The van der Waals surface area contributed by atoms with Gasteiger partial charge >= 0.3 is 0 Å². The Balaban J connectivity index is 3.85. The van der Waals surface area contributed by atoms with Crippen LogP contribution in [0.1, 0.15) is 13.8 Å². The lowest BCUT2D eigenvalue weighted by Gasteiger charge is -2.17. The number of nitrogens with zero attached hydrogens (tertiary/aromatic N) is 2. The van der Waals surface area contributed by atoms with Gasteiger partial charge in [0, 0.05) is 20.6 Å². The van der Waals surface area contributed by atoms with Crippen molar-refractivity contribution in [1.29, 1.82) is 0 Å². The second-order valence-corrected chi connectivity index (χ2v) is 2.58. The van der Waals surface area contributed by atoms with Gasteiger partial charge in [0.15, 0.2) is 0 Å². The Hall–Kier alpha value is -0.790. The summed E-state index contributed by atoms with van der Waals surface area (Å²) in [6.45, 7) is 8.71. The molecule has 0 fully saturated rings. The molecule has 0 aliphatic rings. The van der Waals surface area contributed by atoms with Crippen LogP contribution in [0, 0.1) is 0 Å². The van der Waals surface area contributed by atoms with Gasteiger partial charge in [-0.15, -0.1) is 0 Å². The number of rotatable bonds is 2. The Morgan fingerprint density at radius 1 is 1.50 bits per heavy atom. The van der Waals surface area contributed by atoms with E-state index in [1.165, 1.54) is 0 Å². The normalized spacial score (nSPS) is 11.4. The number of hydrogen-bond acceptors (Lipinski definition) is 1. The summed E-state index contributed by atoms with van der Waals surface area (Å²) in [5, 5.41) is 0. The summed E-state index contributed by atoms with van der Waals surface area (Å²) in [7, 11) is 3.81. The second kappa shape index (κ2) is 4.09. The highest BCUT2D eigenvalue weighted by Gasteiger charge is 1.97. The Morgan fingerprint density at radius 3 is 2.30 bits per heavy atom. The molecule has 0 aromatic carbocycles. The van der Waals surface area contributed by atoms with Crippen LogP contribution in [0.15, 0.2) is 17.1 Å². The predicted octanol–water partition coefficient (Wildman–Crippen LogP) is 1.54. The Kier molecular flexibility index (Phi) is 3.77. The van der Waals surface area contributed by atoms with Crippen molar-refractivity contribution in [3.8, 4) is 0 Å². The molecule has 0 bridgehead atoms. The molecule has 2 heteroatoms. The van der Waals surface area contributed by atoms with Crippen LogP contribution in [-0.2, 0) is 0 Å². The molecule has 0 unspecified atom stereocenters. The molecular weight excluding hydrogens is 124 g/mol. The molecule has 2 nitrogen and oxygen atoms in total. The van der Waals surface area contributed by atoms with E-state index < -0.39 is 0 Å². The summed E-state index contributed by atoms with van der Waals surface area (Å²) in [6.07, 6.45) is 0. The van der Waals surface area contributed by atoms with Crippen LogP contribution >= 0.6 is 0 Å². The van der Waals surface area contributed by atoms with Crippen molar-refractivity contribution in [2.24, 2.45) is 4.99 Å². The van der Waals surface area contributed by atoms with Gasteiger partial charge in [-0.3, -0.25) is 4.99 Å². The van der Waals surface area contributed by atoms with Crippen LogP contribution in [-0.4, -0.2) is 31.4 Å². The van der Waals surface area contributed by atoms with Gasteiger partial charge in [0.2, 0.25) is 0 Å². The molecule has 0 saturated carbocycles. The summed E-state index contributed by atoms with van der Waals surface area (Å²) in [5.41, 5.74) is 1.16. The molecule has 10 heavy (non-hydrogen) atoms. The van der Waals surface area contributed by atoms with E-state index in [-0.39, 0.29) is 0 Å². The van der Waals surface area contributed by atoms with Gasteiger partial charge in [0.1, 0.15) is 0 Å². The fourth-order valence-corrected chi connectivity index (χ4v) is 0.690. The van der Waals surface area contributed by atoms with E-state index in [0.717, 1.165) is 18.0 Å². The van der Waals surface area contributed by atoms with Crippen LogP contribution in [0.4, 0.5) is 0 Å². The van der Waals surface area contributed by atoms with Gasteiger partial charge in [-0.25, -0.2) is 0 Å². The van der Waals surface area contributed by atoms with Gasteiger partial charge < -0.3 is 4.90 Å². The monoisotopic (exact) mass is 140 g/mol. The lowest BCUT2D eigenvalue weighted by atomic mass is 10.3. The van der Waals surface area contributed by atoms with Crippen LogP contribution in [0.2, 0.25) is 0 Å². The van der Waals surface area contributed by atoms with Gasteiger partial charge in [0.05, 0.1) is 5.84 Å². The zero-order valence-electron chi connectivity index (χ0n) is 7.31. The van der Waals surface area contributed by atoms with Crippen molar-refractivity contribution in [3.63, 3.8) is 0 Å². The molecule has 0 aromatic rings. The van der Waals surface area contributed by atoms with E-state index in [4.69, 9.17) is 0 Å². The molecule has 0 atom stereocenters. The van der Waals surface area contributed by atoms with E-state index in [2.05, 4.69) is 16.5 Å². The van der Waals surface area contributed by atoms with E-state index in [0.29, 0.717) is 0 Å². The fourth-order valence-electron chi connectivity index (χ4n) is 0.690. The average molecular weight is 140 g/mol. The number of hydrogen-bond donors (Lipinski definition) is 0. The number of aliphatic imine (C=N–C) groups is 1. The average Bonchev–Trinajstić information content (AvgIpc) is 1.85. The predicted molar refractivity (Wildman–Crippen MR) is 46.5 cm³/mol. The highest BCUT2D eigenvalue weighted by molar-refractivity contribution is 5.79. The number of likely N-dealkylation sites (N-methyl/N-ethyl adjacent to an activating group) is 1. The van der Waals surface area contributed by atoms with Gasteiger partial charge in [0.25, 0.3) is 0 Å². The van der Waals surface area contributed by atoms with Crippen molar-refractivity contribution in [2.75, 3.05) is 20.6 Å². The molecule has 0 spiro atoms. The maximum absolute atomic E-state index is 4.04. The third-order valence-corrected chi connectivity index (χ3v) is 1.38. The van der Waals surface area contributed by atoms with Crippen LogP contribution in [0.25, 0.3) is 0 Å². The van der Waals surface area contributed by atoms with Crippen molar-refractivity contribution in [2.45, 2.75) is 13.8 Å². The van der Waals surface area contributed by atoms with Gasteiger partial charge in [-0.1, -0.05) is 12.2 Å². The van der Waals surface area contributed by atoms with Crippen molar-refractivity contribution < 1.29 is 0 Å². The first-order chi connectivity index (χ1) is 4.57.